The lowest BCUT2D eigenvalue weighted by molar-refractivity contribution is -0.121. The number of hydrogen-bond donors (Lipinski definition) is 1. The van der Waals surface area contributed by atoms with E-state index in [0.29, 0.717) is 19.5 Å². The molecule has 2 aromatic rings. The highest BCUT2D eigenvalue weighted by molar-refractivity contribution is 7.99. The molecule has 0 saturated carbocycles. The summed E-state index contributed by atoms with van der Waals surface area (Å²) in [6.45, 7) is 3.31. The summed E-state index contributed by atoms with van der Waals surface area (Å²) < 4.78 is 1.80. The fraction of sp³-hybridized carbons (Fsp3) is 0.333. The van der Waals surface area contributed by atoms with Crippen LogP contribution in [0.25, 0.3) is 0 Å². The van der Waals surface area contributed by atoms with Crippen molar-refractivity contribution in [2.75, 3.05) is 12.3 Å². The summed E-state index contributed by atoms with van der Waals surface area (Å²) in [6, 6.07) is 10.2. The van der Waals surface area contributed by atoms with Gasteiger partial charge in [0.05, 0.1) is 6.20 Å². The molecule has 0 aliphatic rings. The fourth-order valence-electron chi connectivity index (χ4n) is 1.77. The van der Waals surface area contributed by atoms with E-state index in [1.807, 2.05) is 31.3 Å². The molecule has 0 fully saturated rings. The van der Waals surface area contributed by atoms with E-state index in [0.717, 1.165) is 11.3 Å². The Kier molecular flexibility index (Phi) is 5.68. The van der Waals surface area contributed by atoms with Crippen LogP contribution in [0, 0.1) is 6.92 Å². The number of thioether (sulfide) groups is 1. The average molecular weight is 289 g/mol. The van der Waals surface area contributed by atoms with Gasteiger partial charge in [-0.1, -0.05) is 18.2 Å². The monoisotopic (exact) mass is 289 g/mol. The van der Waals surface area contributed by atoms with E-state index in [9.17, 15) is 4.79 Å². The van der Waals surface area contributed by atoms with Crippen LogP contribution >= 0.6 is 11.8 Å². The van der Waals surface area contributed by atoms with Gasteiger partial charge in [-0.05, 0) is 24.6 Å². The minimum Gasteiger partial charge on any atom is -0.355 e. The number of hydrogen-bond acceptors (Lipinski definition) is 3. The molecule has 0 bridgehead atoms. The Labute approximate surface area is 123 Å². The highest BCUT2D eigenvalue weighted by Crippen LogP contribution is 2.15. The number of carbonyl (C=O) groups is 1. The summed E-state index contributed by atoms with van der Waals surface area (Å²) in [5, 5.41) is 7.09. The predicted molar refractivity (Wildman–Crippen MR) is 81.8 cm³/mol. The molecule has 0 aliphatic carbocycles. The molecule has 4 nitrogen and oxygen atoms in total. The maximum Gasteiger partial charge on any atom is 0.221 e. The number of aryl methyl sites for hydroxylation is 2. The van der Waals surface area contributed by atoms with Crippen LogP contribution in [-0.4, -0.2) is 28.0 Å². The summed E-state index contributed by atoms with van der Waals surface area (Å²) in [5.74, 6) is 0.961. The molecule has 1 N–H and O–H groups in total. The molecular formula is C15H19N3OS. The second kappa shape index (κ2) is 7.75. The van der Waals surface area contributed by atoms with Crippen LogP contribution in [0.4, 0.5) is 0 Å². The first kappa shape index (κ1) is 14.7. The van der Waals surface area contributed by atoms with E-state index in [4.69, 9.17) is 0 Å². The van der Waals surface area contributed by atoms with Crippen molar-refractivity contribution in [1.82, 2.24) is 15.1 Å². The third-order valence-electron chi connectivity index (χ3n) is 2.77. The third kappa shape index (κ3) is 5.09. The SMILES string of the molecule is Cc1cnn(CCC(=O)NCCSc2ccccc2)c1. The minimum absolute atomic E-state index is 0.0758. The van der Waals surface area contributed by atoms with E-state index in [2.05, 4.69) is 22.5 Å². The Morgan fingerprint density at radius 1 is 1.35 bits per heavy atom. The van der Waals surface area contributed by atoms with Crippen LogP contribution in [-0.2, 0) is 11.3 Å². The van der Waals surface area contributed by atoms with Crippen molar-refractivity contribution >= 4 is 17.7 Å². The first-order valence-corrected chi connectivity index (χ1v) is 7.66. The van der Waals surface area contributed by atoms with Crippen LogP contribution in [0.2, 0.25) is 0 Å². The molecule has 20 heavy (non-hydrogen) atoms. The molecule has 0 unspecified atom stereocenters. The summed E-state index contributed by atoms with van der Waals surface area (Å²) in [6.07, 6.45) is 4.21. The summed E-state index contributed by atoms with van der Waals surface area (Å²) in [5.41, 5.74) is 1.12. The molecule has 0 spiro atoms. The van der Waals surface area contributed by atoms with Gasteiger partial charge >= 0.3 is 0 Å². The van der Waals surface area contributed by atoms with Gasteiger partial charge in [-0.25, -0.2) is 0 Å². The van der Waals surface area contributed by atoms with Gasteiger partial charge in [0, 0.05) is 36.4 Å². The highest BCUT2D eigenvalue weighted by Gasteiger charge is 2.02. The van der Waals surface area contributed by atoms with Gasteiger partial charge in [-0.2, -0.15) is 5.10 Å². The number of aromatic nitrogens is 2. The number of benzene rings is 1. The normalized spacial score (nSPS) is 10.4. The largest absolute Gasteiger partial charge is 0.355 e. The molecule has 1 aromatic carbocycles. The lowest BCUT2D eigenvalue weighted by atomic mass is 10.4. The van der Waals surface area contributed by atoms with Crippen molar-refractivity contribution in [3.8, 4) is 0 Å². The Hall–Kier alpha value is -1.75. The van der Waals surface area contributed by atoms with Crippen LogP contribution in [0.1, 0.15) is 12.0 Å². The molecule has 0 aliphatic heterocycles. The quantitative estimate of drug-likeness (QED) is 0.629. The van der Waals surface area contributed by atoms with Crippen LogP contribution in [0.15, 0.2) is 47.6 Å². The zero-order chi connectivity index (χ0) is 14.2. The molecular weight excluding hydrogens is 270 g/mol. The van der Waals surface area contributed by atoms with E-state index < -0.39 is 0 Å². The topological polar surface area (TPSA) is 46.9 Å². The van der Waals surface area contributed by atoms with Gasteiger partial charge in [-0.15, -0.1) is 11.8 Å². The number of nitrogens with zero attached hydrogens (tertiary/aromatic N) is 2. The zero-order valence-corrected chi connectivity index (χ0v) is 12.4. The number of rotatable bonds is 7. The molecule has 1 heterocycles. The van der Waals surface area contributed by atoms with Crippen LogP contribution in [0.5, 0.6) is 0 Å². The average Bonchev–Trinajstić information content (AvgIpc) is 2.88. The molecule has 0 atom stereocenters. The van der Waals surface area contributed by atoms with Crippen molar-refractivity contribution in [2.45, 2.75) is 24.8 Å². The van der Waals surface area contributed by atoms with Gasteiger partial charge in [0.2, 0.25) is 5.91 Å². The molecule has 5 heteroatoms. The Bertz CT molecular complexity index is 539. The maximum absolute atomic E-state index is 11.7. The smallest absolute Gasteiger partial charge is 0.221 e. The molecule has 1 amide bonds. The zero-order valence-electron chi connectivity index (χ0n) is 11.6. The highest BCUT2D eigenvalue weighted by atomic mass is 32.2. The van der Waals surface area contributed by atoms with Gasteiger partial charge in [0.1, 0.15) is 0 Å². The first-order valence-electron chi connectivity index (χ1n) is 6.67. The van der Waals surface area contributed by atoms with Crippen molar-refractivity contribution in [1.29, 1.82) is 0 Å². The van der Waals surface area contributed by atoms with E-state index in [1.54, 1.807) is 22.6 Å². The van der Waals surface area contributed by atoms with Crippen molar-refractivity contribution < 1.29 is 4.79 Å². The second-order valence-electron chi connectivity index (χ2n) is 4.54. The minimum atomic E-state index is 0.0758. The Morgan fingerprint density at radius 3 is 2.85 bits per heavy atom. The summed E-state index contributed by atoms with van der Waals surface area (Å²) in [4.78, 5) is 12.9. The second-order valence-corrected chi connectivity index (χ2v) is 5.71. The number of carbonyl (C=O) groups excluding carboxylic acids is 1. The molecule has 0 saturated heterocycles. The first-order chi connectivity index (χ1) is 9.74. The van der Waals surface area contributed by atoms with Gasteiger partial charge < -0.3 is 5.32 Å². The molecule has 1 aromatic heterocycles. The standard InChI is InChI=1S/C15H19N3OS/c1-13-11-17-18(12-13)9-7-15(19)16-8-10-20-14-5-3-2-4-6-14/h2-6,11-12H,7-10H2,1H3,(H,16,19). The van der Waals surface area contributed by atoms with E-state index >= 15 is 0 Å². The maximum atomic E-state index is 11.7. The summed E-state index contributed by atoms with van der Waals surface area (Å²) in [7, 11) is 0. The van der Waals surface area contributed by atoms with Gasteiger partial charge in [-0.3, -0.25) is 9.48 Å². The van der Waals surface area contributed by atoms with Crippen molar-refractivity contribution in [3.05, 3.63) is 48.3 Å². The van der Waals surface area contributed by atoms with Crippen LogP contribution in [0.3, 0.4) is 0 Å². The Balaban J connectivity index is 1.58. The van der Waals surface area contributed by atoms with Gasteiger partial charge in [0.25, 0.3) is 0 Å². The third-order valence-corrected chi connectivity index (χ3v) is 3.78. The lowest BCUT2D eigenvalue weighted by Gasteiger charge is -2.05. The molecule has 2 rings (SSSR count). The van der Waals surface area contributed by atoms with Crippen molar-refractivity contribution in [3.63, 3.8) is 0 Å². The molecule has 106 valence electrons. The number of nitrogens with one attached hydrogen (secondary N) is 1. The summed E-state index contributed by atoms with van der Waals surface area (Å²) >= 11 is 1.75. The number of amides is 1. The van der Waals surface area contributed by atoms with E-state index in [-0.39, 0.29) is 5.91 Å². The Morgan fingerprint density at radius 2 is 2.15 bits per heavy atom. The van der Waals surface area contributed by atoms with Gasteiger partial charge in [0.15, 0.2) is 0 Å². The lowest BCUT2D eigenvalue weighted by Crippen LogP contribution is -2.26. The van der Waals surface area contributed by atoms with Crippen LogP contribution < -0.4 is 5.32 Å². The predicted octanol–water partition coefficient (Wildman–Crippen LogP) is 2.49. The van der Waals surface area contributed by atoms with Crippen molar-refractivity contribution in [2.24, 2.45) is 0 Å². The van der Waals surface area contributed by atoms with E-state index in [1.165, 1.54) is 4.90 Å². The molecule has 0 radical (unpaired) electrons. The fourth-order valence-corrected chi connectivity index (χ4v) is 2.56.